The number of alkyl halides is 4. The summed E-state index contributed by atoms with van der Waals surface area (Å²) in [6.07, 6.45) is 7.51. The molecule has 0 aliphatic carbocycles. The second-order valence-corrected chi connectivity index (χ2v) is 41.4. The van der Waals surface area contributed by atoms with Crippen LogP contribution in [0.3, 0.4) is 0 Å². The molecule has 537 valence electrons. The van der Waals surface area contributed by atoms with Gasteiger partial charge in [-0.1, -0.05) is 198 Å². The first kappa shape index (κ1) is 87.9. The third kappa shape index (κ3) is 27.2. The molecule has 0 atom stereocenters. The first-order valence-corrected chi connectivity index (χ1v) is 42.1. The van der Waals surface area contributed by atoms with Crippen LogP contribution in [0.25, 0.3) is 0 Å². The summed E-state index contributed by atoms with van der Waals surface area (Å²) in [7, 11) is -6.97. The molecule has 16 nitrogen and oxygen atoms in total. The Morgan fingerprint density at radius 3 is 1.33 bits per heavy atom. The van der Waals surface area contributed by atoms with Crippen molar-refractivity contribution in [1.82, 2.24) is 29.7 Å². The van der Waals surface area contributed by atoms with Gasteiger partial charge in [0.15, 0.2) is 31.3 Å². The van der Waals surface area contributed by atoms with Crippen LogP contribution in [0.2, 0.25) is 15.3 Å². The van der Waals surface area contributed by atoms with E-state index in [0.29, 0.717) is 35.0 Å². The van der Waals surface area contributed by atoms with Crippen molar-refractivity contribution in [3.63, 3.8) is 0 Å². The van der Waals surface area contributed by atoms with Crippen LogP contribution in [0, 0.1) is 21.3 Å². The molecular weight excluding hydrogens is 1840 g/mol. The maximum absolute atomic E-state index is 13.0. The van der Waals surface area contributed by atoms with E-state index in [1.165, 1.54) is 64.7 Å². The van der Waals surface area contributed by atoms with Crippen molar-refractivity contribution in [2.75, 3.05) is 52.8 Å². The van der Waals surface area contributed by atoms with Gasteiger partial charge in [0, 0.05) is 31.6 Å². The average molecular weight is 1930 g/mol. The topological polar surface area (TPSA) is 207 Å². The number of hydrogen-bond donors (Lipinski definition) is 4. The van der Waals surface area contributed by atoms with Gasteiger partial charge in [-0.15, -0.1) is 0 Å². The van der Waals surface area contributed by atoms with Gasteiger partial charge in [0.1, 0.15) is 21.5 Å². The van der Waals surface area contributed by atoms with Gasteiger partial charge in [0.2, 0.25) is 11.2 Å². The van der Waals surface area contributed by atoms with Crippen LogP contribution in [0.1, 0.15) is 126 Å². The zero-order valence-electron chi connectivity index (χ0n) is 58.1. The standard InChI is InChI=1S/C35H42ClN5O3S.C22H30N2O.C13H13Cl2N3O2S.CHI3.CH3I.CH3.V/c1-23(2)44-32-20-28(27-15-17-41(18-16-27)22-26-11-7-6-8-12-26)25(5)19-31(32)39-35-37-21-29(36)34(40-35)38-30-13-9-10-14-33(30)45(42,43)24(3)4;1-16(2)25-22-14-20(17(3)13-21(22)23)19-9-11-24(12-10-19)15-18-7-5-4-6-8-18;1-8(2)21(19,20)11-6-4-3-5-10(11)17-12-9(14)7-16-13(15)18-12;2-1(3)4;1-2;;/h6-14,19-21,23-24,27H,15-18,22H2,1-5H3,(H2,37,38,39,40);4-8,13-14,16,19H,9-12,15,23H2,1-3H3;3-8H,1-2H3,(H,16,17,18);1H;1H3;1H3;/q;;;;;-1;. The molecule has 1 radical (unpaired) electrons. The Bertz CT molecular complexity index is 4030. The minimum absolute atomic E-state index is 0. The van der Waals surface area contributed by atoms with Gasteiger partial charge < -0.3 is 38.6 Å². The van der Waals surface area contributed by atoms with E-state index in [-0.39, 0.29) is 69.1 Å². The van der Waals surface area contributed by atoms with Crippen molar-refractivity contribution in [3.05, 3.63) is 202 Å². The number of halogens is 7. The number of para-hydroxylation sites is 2. The Balaban J connectivity index is 0.000000326. The number of ether oxygens (including phenoxy) is 2. The van der Waals surface area contributed by atoms with Crippen molar-refractivity contribution in [3.8, 4) is 11.5 Å². The van der Waals surface area contributed by atoms with E-state index in [2.05, 4.69) is 235 Å². The summed E-state index contributed by atoms with van der Waals surface area (Å²) in [5.41, 5.74) is 16.4. The minimum atomic E-state index is -3.54. The van der Waals surface area contributed by atoms with Crippen LogP contribution in [-0.4, -0.2) is 100 Å². The van der Waals surface area contributed by atoms with E-state index in [0.717, 1.165) is 74.9 Å². The Labute approximate surface area is 670 Å². The second-order valence-electron chi connectivity index (χ2n) is 24.4. The van der Waals surface area contributed by atoms with E-state index < -0.39 is 30.2 Å². The zero-order valence-corrected chi connectivity index (χ0v) is 72.0. The van der Waals surface area contributed by atoms with Crippen LogP contribution in [0.5, 0.6) is 11.5 Å². The van der Waals surface area contributed by atoms with Gasteiger partial charge in [0.05, 0.1) is 67.6 Å². The molecule has 10 rings (SSSR count). The predicted octanol–water partition coefficient (Wildman–Crippen LogP) is 20.8. The molecule has 2 aliphatic heterocycles. The van der Waals surface area contributed by atoms with Gasteiger partial charge in [-0.05, 0) is 231 Å². The molecule has 4 heterocycles. The van der Waals surface area contributed by atoms with Crippen LogP contribution >= 0.6 is 125 Å². The zero-order chi connectivity index (χ0) is 71.1. The monoisotopic (exact) mass is 1930 g/mol. The van der Waals surface area contributed by atoms with E-state index in [1.54, 1.807) is 70.2 Å². The summed E-state index contributed by atoms with van der Waals surface area (Å²) < 4.78 is 63.6. The van der Waals surface area contributed by atoms with Gasteiger partial charge >= 0.3 is 0 Å². The van der Waals surface area contributed by atoms with Crippen LogP contribution < -0.4 is 31.2 Å². The summed E-state index contributed by atoms with van der Waals surface area (Å²) >= 11 is 27.3. The van der Waals surface area contributed by atoms with Crippen molar-refractivity contribution >= 4 is 185 Å². The minimum Gasteiger partial charge on any atom is -0.489 e. The van der Waals surface area contributed by atoms with Crippen molar-refractivity contribution in [1.29, 1.82) is 0 Å². The molecule has 0 unspecified atom stereocenters. The molecule has 8 aromatic rings. The van der Waals surface area contributed by atoms with Crippen LogP contribution in [0.4, 0.5) is 40.3 Å². The molecule has 0 bridgehead atoms. The Kier molecular flexibility index (Phi) is 38.2. The Morgan fingerprint density at radius 2 is 0.909 bits per heavy atom. The number of piperidine rings is 2. The number of aryl methyl sites for hydroxylation is 2. The molecule has 2 fully saturated rings. The molecule has 6 aromatic carbocycles. The number of rotatable bonds is 20. The molecule has 0 spiro atoms. The van der Waals surface area contributed by atoms with Crippen LogP contribution in [0.15, 0.2) is 156 Å². The molecule has 2 aromatic heterocycles. The number of aromatic nitrogens is 4. The number of sulfone groups is 2. The fourth-order valence-electron chi connectivity index (χ4n) is 11.1. The summed E-state index contributed by atoms with van der Waals surface area (Å²) in [5, 5.41) is 8.76. The van der Waals surface area contributed by atoms with Gasteiger partial charge in [-0.3, -0.25) is 9.80 Å². The molecule has 0 saturated carbocycles. The first-order valence-electron chi connectivity index (χ1n) is 32.0. The van der Waals surface area contributed by atoms with Crippen molar-refractivity contribution in [2.45, 2.75) is 152 Å². The molecule has 0 amide bonds. The molecule has 5 N–H and O–H groups in total. The maximum Gasteiger partial charge on any atom is 0.229 e. The van der Waals surface area contributed by atoms with Gasteiger partial charge in [-0.25, -0.2) is 26.8 Å². The van der Waals surface area contributed by atoms with Gasteiger partial charge in [0.25, 0.3) is 0 Å². The number of nitrogens with zero attached hydrogens (tertiary/aromatic N) is 6. The predicted molar refractivity (Wildman–Crippen MR) is 444 cm³/mol. The molecule has 26 heteroatoms. The summed E-state index contributed by atoms with van der Waals surface area (Å²) in [4.78, 5) is 24.2. The third-order valence-corrected chi connectivity index (χ3v) is 21.0. The smallest absolute Gasteiger partial charge is 0.229 e. The number of nitrogen functional groups attached to an aromatic ring is 1. The number of hydrogen-bond acceptors (Lipinski definition) is 16. The molecule has 2 aliphatic rings. The Hall–Kier alpha value is -3.53. The quantitative estimate of drug-likeness (QED) is 0.0184. The average Bonchev–Trinajstić information content (AvgIpc) is 0.817. The van der Waals surface area contributed by atoms with Gasteiger partial charge in [-0.2, -0.15) is 9.97 Å². The number of nitrogens with two attached hydrogens (primary N) is 1. The Morgan fingerprint density at radius 1 is 0.535 bits per heavy atom. The summed E-state index contributed by atoms with van der Waals surface area (Å²) in [5.74, 6) is 3.47. The fraction of sp³-hybridized carbons (Fsp3) is 0.384. The number of nitrogens with one attached hydrogen (secondary N) is 3. The summed E-state index contributed by atoms with van der Waals surface area (Å²) in [6, 6.07) is 43.2. The largest absolute Gasteiger partial charge is 0.489 e. The van der Waals surface area contributed by atoms with Crippen LogP contribution in [-0.2, 0) is 51.3 Å². The molecule has 2 saturated heterocycles. The fourth-order valence-corrected chi connectivity index (χ4v) is 13.9. The first-order chi connectivity index (χ1) is 46.1. The molecular formula is C73H92Cl3I4N10O6S2V-. The summed E-state index contributed by atoms with van der Waals surface area (Å²) in [6.45, 7) is 25.4. The number of benzene rings is 6. The van der Waals surface area contributed by atoms with E-state index in [4.69, 9.17) is 50.0 Å². The maximum atomic E-state index is 13.0. The number of anilines is 7. The van der Waals surface area contributed by atoms with Crippen molar-refractivity contribution < 1.29 is 44.9 Å². The van der Waals surface area contributed by atoms with Crippen molar-refractivity contribution in [2.24, 2.45) is 0 Å². The van der Waals surface area contributed by atoms with E-state index in [1.807, 2.05) is 32.6 Å². The third-order valence-electron chi connectivity index (χ3n) is 15.9. The molecule has 99 heavy (non-hydrogen) atoms. The SMILES string of the molecule is CC(C)S(=O)(=O)c1ccccc1Nc1nc(Cl)ncc1Cl.CI.Cc1cc(N)c(OC(C)C)cc1C1CCN(Cc2ccccc2)CC1.Cc1cc(Nc2ncc(Cl)c(Nc3ccccc3S(=O)(=O)C(C)C)n2)c(OC(C)C)cc1C1CCN(Cc2ccccc2)CC1.IC(I)I.[CH3-].[V]. The number of likely N-dealkylation sites (tertiary alicyclic amines) is 2. The van der Waals surface area contributed by atoms with E-state index in [9.17, 15) is 16.8 Å². The van der Waals surface area contributed by atoms with E-state index >= 15 is 0 Å². The normalized spacial score (nSPS) is 13.6. The second kappa shape index (κ2) is 43.0.